The predicted molar refractivity (Wildman–Crippen MR) is 132 cm³/mol. The summed E-state index contributed by atoms with van der Waals surface area (Å²) in [4.78, 5) is 23.1. The average Bonchev–Trinajstić information content (AvgIpc) is 2.82. The van der Waals surface area contributed by atoms with Crippen molar-refractivity contribution in [2.75, 3.05) is 62.7 Å². The summed E-state index contributed by atoms with van der Waals surface area (Å²) in [6, 6.07) is 15.0. The van der Waals surface area contributed by atoms with E-state index < -0.39 is 0 Å². The third-order valence-electron chi connectivity index (χ3n) is 6.50. The lowest BCUT2D eigenvalue weighted by Crippen LogP contribution is -2.52. The maximum atomic E-state index is 11.6. The van der Waals surface area contributed by atoms with Crippen LogP contribution in [-0.2, 0) is 11.3 Å². The molecule has 7 heteroatoms. The molecular weight excluding hydrogens is 400 g/mol. The molecule has 0 aromatic heterocycles. The third-order valence-corrected chi connectivity index (χ3v) is 6.50. The summed E-state index contributed by atoms with van der Waals surface area (Å²) in [5.41, 5.74) is 6.36. The number of anilines is 2. The summed E-state index contributed by atoms with van der Waals surface area (Å²) in [5.74, 6) is 1.03. The van der Waals surface area contributed by atoms with E-state index in [4.69, 9.17) is 0 Å². The van der Waals surface area contributed by atoms with Crippen molar-refractivity contribution in [3.05, 3.63) is 59.2 Å². The molecule has 4 rings (SSSR count). The number of benzene rings is 2. The van der Waals surface area contributed by atoms with E-state index in [2.05, 4.69) is 86.6 Å². The van der Waals surface area contributed by atoms with Crippen LogP contribution in [0.1, 0.15) is 16.7 Å². The Kier molecular flexibility index (Phi) is 6.83. The smallest absolute Gasteiger partial charge is 0.239 e. The van der Waals surface area contributed by atoms with Crippen molar-refractivity contribution in [1.29, 1.82) is 0 Å². The molecule has 0 aliphatic carbocycles. The number of hydrogen-bond acceptors (Lipinski definition) is 4. The molecule has 0 spiro atoms. The Balaban J connectivity index is 1.30. The van der Waals surface area contributed by atoms with E-state index in [1.165, 1.54) is 22.4 Å². The van der Waals surface area contributed by atoms with Gasteiger partial charge in [-0.25, -0.2) is 0 Å². The molecule has 2 fully saturated rings. The van der Waals surface area contributed by atoms with Gasteiger partial charge >= 0.3 is 0 Å². The zero-order valence-corrected chi connectivity index (χ0v) is 19.4. The summed E-state index contributed by atoms with van der Waals surface area (Å²) in [6.45, 7) is 11.0. The van der Waals surface area contributed by atoms with Gasteiger partial charge in [0, 0.05) is 64.2 Å². The Morgan fingerprint density at radius 1 is 1.00 bits per heavy atom. The van der Waals surface area contributed by atoms with Gasteiger partial charge in [0.15, 0.2) is 5.96 Å². The van der Waals surface area contributed by atoms with Crippen molar-refractivity contribution in [3.8, 4) is 0 Å². The normalized spacial score (nSPS) is 17.4. The van der Waals surface area contributed by atoms with Crippen LogP contribution < -0.4 is 20.4 Å². The van der Waals surface area contributed by atoms with E-state index in [0.29, 0.717) is 13.1 Å². The molecule has 2 aromatic carbocycles. The maximum Gasteiger partial charge on any atom is 0.239 e. The molecule has 32 heavy (non-hydrogen) atoms. The first kappa shape index (κ1) is 22.0. The number of carbonyl (C=O) groups is 1. The van der Waals surface area contributed by atoms with E-state index in [9.17, 15) is 4.79 Å². The molecule has 0 bridgehead atoms. The number of piperazine rings is 2. The van der Waals surface area contributed by atoms with Crippen molar-refractivity contribution >= 4 is 23.2 Å². The molecule has 2 saturated heterocycles. The molecule has 0 radical (unpaired) electrons. The van der Waals surface area contributed by atoms with Crippen molar-refractivity contribution in [2.45, 2.75) is 20.4 Å². The van der Waals surface area contributed by atoms with E-state index >= 15 is 0 Å². The van der Waals surface area contributed by atoms with Crippen molar-refractivity contribution in [1.82, 2.24) is 15.5 Å². The molecule has 7 nitrogen and oxygen atoms in total. The number of carbonyl (C=O) groups excluding carboxylic acids is 1. The van der Waals surface area contributed by atoms with Gasteiger partial charge in [-0.15, -0.1) is 0 Å². The summed E-state index contributed by atoms with van der Waals surface area (Å²) in [6.07, 6.45) is 0. The van der Waals surface area contributed by atoms with Gasteiger partial charge < -0.3 is 25.3 Å². The fourth-order valence-corrected chi connectivity index (χ4v) is 4.43. The molecule has 2 aliphatic heterocycles. The minimum absolute atomic E-state index is 0.0865. The summed E-state index contributed by atoms with van der Waals surface area (Å²) < 4.78 is 0. The minimum Gasteiger partial charge on any atom is -0.368 e. The Bertz CT molecular complexity index is 963. The van der Waals surface area contributed by atoms with Crippen LogP contribution in [0.2, 0.25) is 0 Å². The molecular formula is C25H34N6O. The van der Waals surface area contributed by atoms with Gasteiger partial charge in [0.25, 0.3) is 0 Å². The lowest BCUT2D eigenvalue weighted by molar-refractivity contribution is -0.120. The quantitative estimate of drug-likeness (QED) is 0.570. The van der Waals surface area contributed by atoms with E-state index in [-0.39, 0.29) is 5.91 Å². The standard InChI is InChI=1S/C25H34N6O/c1-19-5-4-6-23(20(19)2)29-13-15-30(16-14-29)25(26-3)28-17-21-7-9-22(10-8-21)31-12-11-27-24(32)18-31/h4-10H,11-18H2,1-3H3,(H,26,28)(H,27,32). The number of aryl methyl sites for hydroxylation is 1. The minimum atomic E-state index is 0.0865. The van der Waals surface area contributed by atoms with Crippen molar-refractivity contribution in [3.63, 3.8) is 0 Å². The molecule has 170 valence electrons. The Morgan fingerprint density at radius 3 is 2.44 bits per heavy atom. The highest BCUT2D eigenvalue weighted by Crippen LogP contribution is 2.24. The largest absolute Gasteiger partial charge is 0.368 e. The number of aliphatic imine (C=N–C) groups is 1. The van der Waals surface area contributed by atoms with Gasteiger partial charge in [-0.2, -0.15) is 0 Å². The average molecular weight is 435 g/mol. The number of guanidine groups is 1. The van der Waals surface area contributed by atoms with Crippen LogP contribution in [0.4, 0.5) is 11.4 Å². The molecule has 2 heterocycles. The Morgan fingerprint density at radius 2 is 1.75 bits per heavy atom. The number of nitrogens with one attached hydrogen (secondary N) is 2. The summed E-state index contributed by atoms with van der Waals surface area (Å²) in [7, 11) is 1.85. The van der Waals surface area contributed by atoms with Crippen LogP contribution in [0, 0.1) is 13.8 Å². The molecule has 0 atom stereocenters. The van der Waals surface area contributed by atoms with Gasteiger partial charge in [-0.1, -0.05) is 24.3 Å². The number of rotatable bonds is 4. The number of hydrogen-bond donors (Lipinski definition) is 2. The second-order valence-corrected chi connectivity index (χ2v) is 8.53. The molecule has 0 unspecified atom stereocenters. The molecule has 2 N–H and O–H groups in total. The highest BCUT2D eigenvalue weighted by molar-refractivity contribution is 5.82. The monoisotopic (exact) mass is 434 g/mol. The lowest BCUT2D eigenvalue weighted by atomic mass is 10.1. The van der Waals surface area contributed by atoms with Crippen LogP contribution in [0.15, 0.2) is 47.5 Å². The highest BCUT2D eigenvalue weighted by atomic mass is 16.2. The van der Waals surface area contributed by atoms with Gasteiger partial charge in [0.05, 0.1) is 6.54 Å². The van der Waals surface area contributed by atoms with Crippen LogP contribution in [-0.4, -0.2) is 69.6 Å². The zero-order valence-electron chi connectivity index (χ0n) is 19.4. The molecule has 0 saturated carbocycles. The lowest BCUT2D eigenvalue weighted by Gasteiger charge is -2.38. The molecule has 1 amide bonds. The fraction of sp³-hybridized carbons (Fsp3) is 0.440. The highest BCUT2D eigenvalue weighted by Gasteiger charge is 2.21. The molecule has 2 aliphatic rings. The second kappa shape index (κ2) is 9.94. The van der Waals surface area contributed by atoms with Crippen LogP contribution in [0.5, 0.6) is 0 Å². The first-order chi connectivity index (χ1) is 15.5. The first-order valence-corrected chi connectivity index (χ1v) is 11.4. The Hall–Kier alpha value is -3.22. The van der Waals surface area contributed by atoms with E-state index in [0.717, 1.165) is 50.9 Å². The number of nitrogens with zero attached hydrogens (tertiary/aromatic N) is 4. The SMILES string of the molecule is CN=C(NCc1ccc(N2CCNC(=O)C2)cc1)N1CCN(c2cccc(C)c2C)CC1. The van der Waals surface area contributed by atoms with Crippen LogP contribution in [0.3, 0.4) is 0 Å². The second-order valence-electron chi connectivity index (χ2n) is 8.53. The van der Waals surface area contributed by atoms with Gasteiger partial charge in [-0.3, -0.25) is 9.79 Å². The topological polar surface area (TPSA) is 63.2 Å². The Labute approximate surface area is 191 Å². The van der Waals surface area contributed by atoms with Gasteiger partial charge in [-0.05, 0) is 48.7 Å². The number of amides is 1. The van der Waals surface area contributed by atoms with Crippen LogP contribution in [0.25, 0.3) is 0 Å². The van der Waals surface area contributed by atoms with Crippen LogP contribution >= 0.6 is 0 Å². The van der Waals surface area contributed by atoms with E-state index in [1.54, 1.807) is 0 Å². The van der Waals surface area contributed by atoms with Gasteiger partial charge in [0.1, 0.15) is 0 Å². The third kappa shape index (κ3) is 4.98. The summed E-state index contributed by atoms with van der Waals surface area (Å²) in [5, 5.41) is 6.39. The predicted octanol–water partition coefficient (Wildman–Crippen LogP) is 2.14. The van der Waals surface area contributed by atoms with Crippen molar-refractivity contribution < 1.29 is 4.79 Å². The molecule has 2 aromatic rings. The van der Waals surface area contributed by atoms with Crippen molar-refractivity contribution in [2.24, 2.45) is 4.99 Å². The van der Waals surface area contributed by atoms with Gasteiger partial charge in [0.2, 0.25) is 5.91 Å². The zero-order chi connectivity index (χ0) is 22.5. The first-order valence-electron chi connectivity index (χ1n) is 11.4. The summed E-state index contributed by atoms with van der Waals surface area (Å²) >= 11 is 0. The fourth-order valence-electron chi connectivity index (χ4n) is 4.43. The van der Waals surface area contributed by atoms with E-state index in [1.807, 2.05) is 7.05 Å². The maximum absolute atomic E-state index is 11.6.